The lowest BCUT2D eigenvalue weighted by molar-refractivity contribution is -0.139. The molecular formula is C61H64FN3O9S. The molecule has 6 aromatic carbocycles. The summed E-state index contributed by atoms with van der Waals surface area (Å²) >= 11 is 1.60. The van der Waals surface area contributed by atoms with Crippen molar-refractivity contribution < 1.29 is 48.6 Å². The Morgan fingerprint density at radius 1 is 0.733 bits per heavy atom. The number of phenolic OH excluding ortho intramolecular Hbond substituents is 1. The van der Waals surface area contributed by atoms with Crippen LogP contribution in [0.15, 0.2) is 152 Å². The molecule has 75 heavy (non-hydrogen) atoms. The normalized spacial score (nSPS) is 13.4. The van der Waals surface area contributed by atoms with Gasteiger partial charge in [0.25, 0.3) is 5.91 Å². The average molecular weight is 1030 g/mol. The molecule has 0 spiro atoms. The number of carbonyl (C=O) groups is 2. The van der Waals surface area contributed by atoms with Crippen LogP contribution in [-0.4, -0.2) is 87.3 Å². The number of halogens is 1. The number of nitrogens with one attached hydrogen (secondary N) is 1. The van der Waals surface area contributed by atoms with E-state index in [9.17, 15) is 29.3 Å². The van der Waals surface area contributed by atoms with Crippen molar-refractivity contribution in [1.29, 1.82) is 0 Å². The van der Waals surface area contributed by atoms with Crippen molar-refractivity contribution in [3.8, 4) is 61.6 Å². The van der Waals surface area contributed by atoms with Gasteiger partial charge in [0.05, 0.1) is 41.9 Å². The predicted molar refractivity (Wildman–Crippen MR) is 295 cm³/mol. The summed E-state index contributed by atoms with van der Waals surface area (Å²) in [5.74, 6) is 1.49. The molecule has 1 aliphatic rings. The number of hydrogen-bond donors (Lipinski definition) is 5. The number of carboxylic acids is 1. The molecule has 9 rings (SSSR count). The molecule has 3 heterocycles. The van der Waals surface area contributed by atoms with Crippen LogP contribution in [0.1, 0.15) is 74.3 Å². The van der Waals surface area contributed by atoms with Crippen molar-refractivity contribution in [2.45, 2.75) is 77.0 Å². The standard InChI is InChI=1S/C33H35FN2O5.C28H29NO4S/c1-21(2)31-30(33(41)35-25-11-7-4-8-12-25)29(22-9-5-3-6-10-22)32(23-13-15-24(34)16-14-23)36(31)18-17-26(37)19-27(38)20-28(39)40;1-31-22-8-5-20(6-9-22)28-27(25-14-7-21(30)19-26(25)34-28)33-24-12-10-23(11-13-24)32-18-17-29-15-3-2-4-16-29/h3-16,21,26-27,37-38H,17-20H2,1-2H3,(H,35,41)(H,39,40);5-14,19,30H,2-4,15-18H2,1H3/t26-,27-;/m1./s1. The number of methoxy groups -OCH3 is 1. The van der Waals surface area contributed by atoms with Gasteiger partial charge in [-0.1, -0.05) is 68.8 Å². The Labute approximate surface area is 441 Å². The first-order valence-electron chi connectivity index (χ1n) is 25.4. The molecule has 12 nitrogen and oxygen atoms in total. The summed E-state index contributed by atoms with van der Waals surface area (Å²) in [5, 5.41) is 43.7. The lowest BCUT2D eigenvalue weighted by Crippen LogP contribution is -2.33. The number of aromatic nitrogens is 1. The van der Waals surface area contributed by atoms with Gasteiger partial charge in [-0.2, -0.15) is 0 Å². The molecular weight excluding hydrogens is 970 g/mol. The Morgan fingerprint density at radius 3 is 2.03 bits per heavy atom. The number of aromatic hydroxyl groups is 1. The second-order valence-corrected chi connectivity index (χ2v) is 20.0. The van der Waals surface area contributed by atoms with E-state index in [1.807, 2.05) is 134 Å². The molecule has 2 atom stereocenters. The molecule has 8 aromatic rings. The number of thiophene rings is 1. The minimum Gasteiger partial charge on any atom is -0.508 e. The van der Waals surface area contributed by atoms with Crippen LogP contribution in [0.5, 0.6) is 28.7 Å². The van der Waals surface area contributed by atoms with Crippen LogP contribution >= 0.6 is 11.3 Å². The summed E-state index contributed by atoms with van der Waals surface area (Å²) in [7, 11) is 1.66. The van der Waals surface area contributed by atoms with Crippen molar-refractivity contribution >= 4 is 39.0 Å². The Kier molecular flexibility index (Phi) is 18.4. The van der Waals surface area contributed by atoms with Gasteiger partial charge in [0.1, 0.15) is 35.4 Å². The number of anilines is 1. The molecule has 5 N–H and O–H groups in total. The lowest BCUT2D eigenvalue weighted by Gasteiger charge is -2.26. The number of aliphatic hydroxyl groups excluding tert-OH is 2. The third kappa shape index (κ3) is 14.0. The Balaban J connectivity index is 0.000000202. The monoisotopic (exact) mass is 1030 g/mol. The van der Waals surface area contributed by atoms with Crippen molar-refractivity contribution in [3.05, 3.63) is 169 Å². The fraction of sp³-hybridized carbons (Fsp3) is 0.279. The van der Waals surface area contributed by atoms with E-state index in [0.717, 1.165) is 61.3 Å². The van der Waals surface area contributed by atoms with Crippen LogP contribution in [0.3, 0.4) is 0 Å². The van der Waals surface area contributed by atoms with E-state index in [0.29, 0.717) is 34.7 Å². The fourth-order valence-corrected chi connectivity index (χ4v) is 10.7. The minimum absolute atomic E-state index is 0.0939. The van der Waals surface area contributed by atoms with E-state index in [2.05, 4.69) is 10.2 Å². The number of likely N-dealkylation sites (tertiary alicyclic amines) is 1. The number of amides is 1. The van der Waals surface area contributed by atoms with Gasteiger partial charge >= 0.3 is 5.97 Å². The second kappa shape index (κ2) is 25.6. The number of ether oxygens (including phenoxy) is 3. The highest BCUT2D eigenvalue weighted by molar-refractivity contribution is 7.22. The number of aliphatic hydroxyl groups is 2. The van der Waals surface area contributed by atoms with Gasteiger partial charge in [0, 0.05) is 40.1 Å². The summed E-state index contributed by atoms with van der Waals surface area (Å²) in [6, 6.07) is 45.9. The first-order valence-corrected chi connectivity index (χ1v) is 26.2. The molecule has 0 bridgehead atoms. The van der Waals surface area contributed by atoms with Crippen molar-refractivity contribution in [1.82, 2.24) is 9.47 Å². The molecule has 14 heteroatoms. The zero-order chi connectivity index (χ0) is 52.8. The third-order valence-electron chi connectivity index (χ3n) is 13.1. The molecule has 1 saturated heterocycles. The van der Waals surface area contributed by atoms with Crippen molar-refractivity contribution in [2.24, 2.45) is 0 Å². The molecule has 0 saturated carbocycles. The fourth-order valence-electron chi connectivity index (χ4n) is 9.50. The number of nitrogens with zero attached hydrogens (tertiary/aromatic N) is 2. The SMILES string of the molecule is CC(C)c1c(C(=O)Nc2ccccc2)c(-c2ccccc2)c(-c2ccc(F)cc2)n1CC[C@@H](O)C[C@@H](O)CC(=O)O.COc1ccc(-c2sc3cc(O)ccc3c2Oc2ccc(OCCN3CCCCC3)cc2)cc1. The van der Waals surface area contributed by atoms with E-state index < -0.39 is 24.6 Å². The Bertz CT molecular complexity index is 3120. The number of para-hydroxylation sites is 1. The molecule has 1 aliphatic heterocycles. The number of rotatable bonds is 20. The molecule has 0 unspecified atom stereocenters. The maximum Gasteiger partial charge on any atom is 0.305 e. The number of hydrogen-bond acceptors (Lipinski definition) is 10. The van der Waals surface area contributed by atoms with Gasteiger partial charge in [-0.05, 0) is 165 Å². The second-order valence-electron chi connectivity index (χ2n) is 18.9. The van der Waals surface area contributed by atoms with Gasteiger partial charge in [-0.25, -0.2) is 4.39 Å². The zero-order valence-electron chi connectivity index (χ0n) is 42.5. The number of benzene rings is 6. The van der Waals surface area contributed by atoms with Gasteiger partial charge in [0.2, 0.25) is 0 Å². The number of phenols is 1. The third-order valence-corrected chi connectivity index (χ3v) is 14.3. The smallest absolute Gasteiger partial charge is 0.305 e. The molecule has 0 radical (unpaired) electrons. The van der Waals surface area contributed by atoms with E-state index in [-0.39, 0.29) is 42.8 Å². The van der Waals surface area contributed by atoms with Crippen LogP contribution < -0.4 is 19.5 Å². The highest BCUT2D eigenvalue weighted by Gasteiger charge is 2.31. The van der Waals surface area contributed by atoms with Gasteiger partial charge in [-0.15, -0.1) is 11.3 Å². The average Bonchev–Trinajstić information content (AvgIpc) is 3.95. The van der Waals surface area contributed by atoms with Gasteiger partial charge in [0.15, 0.2) is 5.75 Å². The number of carbonyl (C=O) groups excluding carboxylic acids is 1. The predicted octanol–water partition coefficient (Wildman–Crippen LogP) is 13.3. The van der Waals surface area contributed by atoms with E-state index >= 15 is 0 Å². The maximum absolute atomic E-state index is 14.0. The largest absolute Gasteiger partial charge is 0.508 e. The summed E-state index contributed by atoms with van der Waals surface area (Å²) in [5.41, 5.74) is 5.81. The lowest BCUT2D eigenvalue weighted by atomic mass is 9.94. The first-order chi connectivity index (χ1) is 36.3. The number of aliphatic carboxylic acids is 1. The van der Waals surface area contributed by atoms with Crippen LogP contribution in [0.4, 0.5) is 10.1 Å². The minimum atomic E-state index is -1.18. The quantitative estimate of drug-likeness (QED) is 0.0497. The molecule has 1 fully saturated rings. The Morgan fingerprint density at radius 2 is 1.37 bits per heavy atom. The molecule has 390 valence electrons. The summed E-state index contributed by atoms with van der Waals surface area (Å²) in [4.78, 5) is 28.5. The molecule has 0 aliphatic carbocycles. The summed E-state index contributed by atoms with van der Waals surface area (Å²) in [6.07, 6.45) is 1.43. The number of piperidine rings is 1. The van der Waals surface area contributed by atoms with Gasteiger partial charge < -0.3 is 44.5 Å². The van der Waals surface area contributed by atoms with Crippen LogP contribution in [-0.2, 0) is 11.3 Å². The summed E-state index contributed by atoms with van der Waals surface area (Å²) < 4.78 is 34.6. The van der Waals surface area contributed by atoms with Crippen molar-refractivity contribution in [3.63, 3.8) is 0 Å². The highest BCUT2D eigenvalue weighted by Crippen LogP contribution is 2.48. The maximum atomic E-state index is 14.0. The first kappa shape index (κ1) is 53.8. The van der Waals surface area contributed by atoms with Crippen LogP contribution in [0.2, 0.25) is 0 Å². The van der Waals surface area contributed by atoms with E-state index in [1.54, 1.807) is 42.7 Å². The van der Waals surface area contributed by atoms with Crippen LogP contribution in [0, 0.1) is 5.82 Å². The summed E-state index contributed by atoms with van der Waals surface area (Å²) in [6.45, 7) is 8.28. The highest BCUT2D eigenvalue weighted by atomic mass is 32.1. The van der Waals surface area contributed by atoms with E-state index in [1.165, 1.54) is 44.5 Å². The molecule has 2 aromatic heterocycles. The molecule has 1 amide bonds. The number of fused-ring (bicyclic) bond motifs is 1. The van der Waals surface area contributed by atoms with Crippen LogP contribution in [0.25, 0.3) is 42.9 Å². The zero-order valence-corrected chi connectivity index (χ0v) is 43.3. The Hall–Kier alpha value is -7.49. The number of carboxylic acid groups (broad SMARTS) is 1. The van der Waals surface area contributed by atoms with Gasteiger partial charge in [-0.3, -0.25) is 14.5 Å². The van der Waals surface area contributed by atoms with E-state index in [4.69, 9.17) is 19.3 Å². The topological polar surface area (TPSA) is 163 Å². The van der Waals surface area contributed by atoms with Crippen molar-refractivity contribution in [2.75, 3.05) is 38.7 Å².